The van der Waals surface area contributed by atoms with Gasteiger partial charge >= 0.3 is 0 Å². The van der Waals surface area contributed by atoms with Crippen molar-refractivity contribution >= 4 is 29.9 Å². The molecule has 1 N–H and O–H groups in total. The van der Waals surface area contributed by atoms with Crippen LogP contribution in [0.15, 0.2) is 24.3 Å². The molecule has 1 unspecified atom stereocenters. The van der Waals surface area contributed by atoms with Crippen LogP contribution in [0.4, 0.5) is 0 Å². The Morgan fingerprint density at radius 2 is 1.95 bits per heavy atom. The fourth-order valence-electron chi connectivity index (χ4n) is 3.65. The van der Waals surface area contributed by atoms with Gasteiger partial charge in [0.2, 0.25) is 5.91 Å². The Hall–Kier alpha value is -0.770. The topological polar surface area (TPSA) is 32.3 Å². The Morgan fingerprint density at radius 3 is 2.60 bits per heavy atom. The number of piperidine rings is 1. The monoisotopic (exact) mass is 314 g/mol. The van der Waals surface area contributed by atoms with Crippen molar-refractivity contribution in [2.75, 3.05) is 26.7 Å². The zero-order valence-electron chi connectivity index (χ0n) is 11.6. The second kappa shape index (κ2) is 5.92. The van der Waals surface area contributed by atoms with E-state index >= 15 is 0 Å². The molecule has 0 aliphatic carbocycles. The average Bonchev–Trinajstić information content (AvgIpc) is 2.66. The fourth-order valence-corrected chi connectivity index (χ4v) is 3.92. The van der Waals surface area contributed by atoms with E-state index in [0.29, 0.717) is 5.91 Å². The summed E-state index contributed by atoms with van der Waals surface area (Å²) >= 11 is 6.36. The first kappa shape index (κ1) is 15.6. The van der Waals surface area contributed by atoms with Gasteiger partial charge in [0.05, 0.1) is 5.41 Å². The van der Waals surface area contributed by atoms with E-state index in [-0.39, 0.29) is 23.7 Å². The van der Waals surface area contributed by atoms with Gasteiger partial charge in [-0.3, -0.25) is 4.79 Å². The van der Waals surface area contributed by atoms with E-state index < -0.39 is 0 Å². The summed E-state index contributed by atoms with van der Waals surface area (Å²) in [7, 11) is 1.91. The van der Waals surface area contributed by atoms with Crippen LogP contribution in [0.25, 0.3) is 0 Å². The quantitative estimate of drug-likeness (QED) is 0.864. The van der Waals surface area contributed by atoms with Crippen LogP contribution in [0.3, 0.4) is 0 Å². The van der Waals surface area contributed by atoms with Crippen LogP contribution in [0.1, 0.15) is 24.3 Å². The minimum atomic E-state index is -0.245. The fraction of sp³-hybridized carbons (Fsp3) is 0.533. The Morgan fingerprint density at radius 1 is 1.30 bits per heavy atom. The highest BCUT2D eigenvalue weighted by atomic mass is 35.5. The van der Waals surface area contributed by atoms with Crippen LogP contribution in [-0.2, 0) is 4.79 Å². The largest absolute Gasteiger partial charge is 0.345 e. The van der Waals surface area contributed by atoms with Crippen LogP contribution in [0, 0.1) is 5.41 Å². The number of hydrogen-bond donors (Lipinski definition) is 1. The number of nitrogens with one attached hydrogen (secondary N) is 1. The zero-order valence-corrected chi connectivity index (χ0v) is 13.1. The molecule has 2 aliphatic rings. The highest BCUT2D eigenvalue weighted by molar-refractivity contribution is 6.31. The van der Waals surface area contributed by atoms with Crippen molar-refractivity contribution in [3.8, 4) is 0 Å². The number of benzene rings is 1. The lowest BCUT2D eigenvalue weighted by molar-refractivity contribution is -0.136. The predicted octanol–water partition coefficient (Wildman–Crippen LogP) is 2.69. The Balaban J connectivity index is 0.00000147. The first-order valence-corrected chi connectivity index (χ1v) is 7.24. The van der Waals surface area contributed by atoms with Crippen molar-refractivity contribution in [1.29, 1.82) is 0 Å². The zero-order chi connectivity index (χ0) is 13.5. The van der Waals surface area contributed by atoms with Crippen molar-refractivity contribution in [1.82, 2.24) is 10.2 Å². The van der Waals surface area contributed by atoms with Gasteiger partial charge in [0.15, 0.2) is 0 Å². The number of nitrogens with zero attached hydrogens (tertiary/aromatic N) is 1. The maximum Gasteiger partial charge on any atom is 0.229 e. The number of hydrogen-bond acceptors (Lipinski definition) is 2. The summed E-state index contributed by atoms with van der Waals surface area (Å²) in [6.07, 6.45) is 1.82. The smallest absolute Gasteiger partial charge is 0.229 e. The molecule has 1 amide bonds. The van der Waals surface area contributed by atoms with Gasteiger partial charge in [-0.05, 0) is 37.6 Å². The van der Waals surface area contributed by atoms with Crippen LogP contribution in [-0.4, -0.2) is 37.5 Å². The number of halogens is 2. The van der Waals surface area contributed by atoms with E-state index in [1.54, 1.807) is 0 Å². The number of likely N-dealkylation sites (N-methyl/N-ethyl adjacent to an activating group) is 1. The van der Waals surface area contributed by atoms with Crippen molar-refractivity contribution in [2.45, 2.75) is 18.8 Å². The van der Waals surface area contributed by atoms with Crippen LogP contribution < -0.4 is 5.32 Å². The molecule has 0 bridgehead atoms. The summed E-state index contributed by atoms with van der Waals surface area (Å²) in [4.78, 5) is 14.5. The lowest BCUT2D eigenvalue weighted by atomic mass is 9.68. The molecule has 3 rings (SSSR count). The summed E-state index contributed by atoms with van der Waals surface area (Å²) in [6, 6.07) is 7.96. The number of amides is 1. The van der Waals surface area contributed by atoms with Gasteiger partial charge in [0.1, 0.15) is 0 Å². The molecule has 110 valence electrons. The molecule has 5 heteroatoms. The lowest BCUT2D eigenvalue weighted by Gasteiger charge is -2.37. The summed E-state index contributed by atoms with van der Waals surface area (Å²) in [6.45, 7) is 2.61. The highest BCUT2D eigenvalue weighted by Gasteiger charge is 2.53. The molecule has 0 saturated carbocycles. The summed E-state index contributed by atoms with van der Waals surface area (Å²) < 4.78 is 0. The molecule has 1 aromatic carbocycles. The molecule has 1 aromatic rings. The van der Waals surface area contributed by atoms with Gasteiger partial charge in [-0.15, -0.1) is 12.4 Å². The summed E-state index contributed by atoms with van der Waals surface area (Å²) in [5.41, 5.74) is 0.883. The van der Waals surface area contributed by atoms with E-state index in [4.69, 9.17) is 11.6 Å². The maximum absolute atomic E-state index is 12.6. The molecular formula is C15H20Cl2N2O. The molecule has 1 spiro atoms. The maximum atomic E-state index is 12.6. The third kappa shape index (κ3) is 2.32. The average molecular weight is 315 g/mol. The molecule has 20 heavy (non-hydrogen) atoms. The number of carbonyl (C=O) groups is 1. The Labute approximate surface area is 131 Å². The SMILES string of the molecule is CN1CC(c2ccccc2Cl)C2(CCNCC2)C1=O.Cl. The normalized spacial score (nSPS) is 24.8. The molecule has 0 radical (unpaired) electrons. The van der Waals surface area contributed by atoms with E-state index in [1.165, 1.54) is 0 Å². The van der Waals surface area contributed by atoms with Crippen molar-refractivity contribution < 1.29 is 4.79 Å². The molecular weight excluding hydrogens is 295 g/mol. The molecule has 2 heterocycles. The van der Waals surface area contributed by atoms with E-state index in [2.05, 4.69) is 11.4 Å². The molecule has 2 saturated heterocycles. The van der Waals surface area contributed by atoms with Gasteiger partial charge in [-0.1, -0.05) is 29.8 Å². The number of likely N-dealkylation sites (tertiary alicyclic amines) is 1. The number of carbonyl (C=O) groups excluding carboxylic acids is 1. The van der Waals surface area contributed by atoms with E-state index in [0.717, 1.165) is 43.1 Å². The van der Waals surface area contributed by atoms with Crippen molar-refractivity contribution in [2.24, 2.45) is 5.41 Å². The molecule has 2 aliphatic heterocycles. The van der Waals surface area contributed by atoms with Crippen molar-refractivity contribution in [3.05, 3.63) is 34.9 Å². The second-order valence-corrected chi connectivity index (χ2v) is 6.07. The minimum Gasteiger partial charge on any atom is -0.345 e. The predicted molar refractivity (Wildman–Crippen MR) is 83.6 cm³/mol. The van der Waals surface area contributed by atoms with Crippen LogP contribution >= 0.6 is 24.0 Å². The van der Waals surface area contributed by atoms with Crippen LogP contribution in [0.2, 0.25) is 5.02 Å². The van der Waals surface area contributed by atoms with Gasteiger partial charge < -0.3 is 10.2 Å². The molecule has 1 atom stereocenters. The summed E-state index contributed by atoms with van der Waals surface area (Å²) in [5, 5.41) is 4.14. The molecule has 0 aromatic heterocycles. The van der Waals surface area contributed by atoms with E-state index in [1.807, 2.05) is 30.1 Å². The lowest BCUT2D eigenvalue weighted by Crippen LogP contribution is -2.44. The van der Waals surface area contributed by atoms with Gasteiger partial charge in [0, 0.05) is 24.5 Å². The first-order chi connectivity index (χ1) is 9.15. The number of rotatable bonds is 1. The Kier molecular flexibility index (Phi) is 4.62. The third-order valence-corrected chi connectivity index (χ3v) is 5.02. The van der Waals surface area contributed by atoms with Gasteiger partial charge in [-0.25, -0.2) is 0 Å². The highest BCUT2D eigenvalue weighted by Crippen LogP contribution is 2.50. The minimum absolute atomic E-state index is 0. The Bertz CT molecular complexity index is 500. The van der Waals surface area contributed by atoms with Gasteiger partial charge in [0.25, 0.3) is 0 Å². The van der Waals surface area contributed by atoms with Crippen LogP contribution in [0.5, 0.6) is 0 Å². The second-order valence-electron chi connectivity index (χ2n) is 5.67. The van der Waals surface area contributed by atoms with E-state index in [9.17, 15) is 4.79 Å². The van der Waals surface area contributed by atoms with Gasteiger partial charge in [-0.2, -0.15) is 0 Å². The van der Waals surface area contributed by atoms with Crippen molar-refractivity contribution in [3.63, 3.8) is 0 Å². The molecule has 3 nitrogen and oxygen atoms in total. The first-order valence-electron chi connectivity index (χ1n) is 6.86. The molecule has 2 fully saturated rings. The summed E-state index contributed by atoms with van der Waals surface area (Å²) in [5.74, 6) is 0.514. The third-order valence-electron chi connectivity index (χ3n) is 4.67. The standard InChI is InChI=1S/C15H19ClN2O.ClH/c1-18-10-12(11-4-2-3-5-13(11)16)15(14(18)19)6-8-17-9-7-15;/h2-5,12,17H,6-10H2,1H3;1H.